The van der Waals surface area contributed by atoms with Crippen molar-refractivity contribution in [3.8, 4) is 11.1 Å². The lowest BCUT2D eigenvalue weighted by Gasteiger charge is -2.30. The zero-order valence-electron chi connectivity index (χ0n) is 15.4. The second kappa shape index (κ2) is 6.63. The van der Waals surface area contributed by atoms with Crippen LogP contribution in [0.3, 0.4) is 0 Å². The molecule has 0 aromatic heterocycles. The molecule has 0 spiro atoms. The smallest absolute Gasteiger partial charge is 0.142 e. The first-order valence-electron chi connectivity index (χ1n) is 9.53. The van der Waals surface area contributed by atoms with Crippen LogP contribution < -0.4 is 0 Å². The Bertz CT molecular complexity index is 1110. The van der Waals surface area contributed by atoms with Crippen LogP contribution in [0.5, 0.6) is 0 Å². The Balaban J connectivity index is 1.83. The van der Waals surface area contributed by atoms with Crippen molar-refractivity contribution in [3.05, 3.63) is 131 Å². The minimum atomic E-state index is -1.20. The number of rotatable bonds is 3. The normalized spacial score (nSPS) is 14.4. The molecular weight excluding hydrogens is 340 g/mol. The van der Waals surface area contributed by atoms with Gasteiger partial charge in [-0.15, -0.1) is 0 Å². The number of benzene rings is 4. The van der Waals surface area contributed by atoms with E-state index >= 15 is 0 Å². The Kier molecular flexibility index (Phi) is 3.96. The standard InChI is InChI=1S/C27H20O/c28-27(24-17-9-7-15-22(24)23-16-8-10-18-25(23)27)26(21-13-5-2-6-14-21)19-20-11-3-1-4-12-20/h1-19,28H/b26-19+. The molecule has 0 fully saturated rings. The van der Waals surface area contributed by atoms with E-state index in [-0.39, 0.29) is 0 Å². The maximum absolute atomic E-state index is 12.3. The number of hydrogen-bond acceptors (Lipinski definition) is 1. The molecule has 4 aromatic carbocycles. The van der Waals surface area contributed by atoms with Gasteiger partial charge >= 0.3 is 0 Å². The molecule has 0 saturated heterocycles. The van der Waals surface area contributed by atoms with Crippen molar-refractivity contribution < 1.29 is 5.11 Å². The van der Waals surface area contributed by atoms with Gasteiger partial charge in [0.15, 0.2) is 0 Å². The van der Waals surface area contributed by atoms with Gasteiger partial charge in [0.05, 0.1) is 0 Å². The molecule has 0 saturated carbocycles. The highest BCUT2D eigenvalue weighted by Gasteiger charge is 2.44. The molecule has 0 amide bonds. The van der Waals surface area contributed by atoms with E-state index in [1.165, 1.54) is 0 Å². The van der Waals surface area contributed by atoms with Crippen LogP contribution in [-0.2, 0) is 5.60 Å². The van der Waals surface area contributed by atoms with Crippen LogP contribution in [0.1, 0.15) is 22.3 Å². The molecule has 0 heterocycles. The highest BCUT2D eigenvalue weighted by atomic mass is 16.3. The molecular formula is C27H20O. The first-order valence-corrected chi connectivity index (χ1v) is 9.53. The van der Waals surface area contributed by atoms with Crippen LogP contribution in [0.15, 0.2) is 109 Å². The lowest BCUT2D eigenvalue weighted by molar-refractivity contribution is 0.151. The summed E-state index contributed by atoms with van der Waals surface area (Å²) >= 11 is 0. The quantitative estimate of drug-likeness (QED) is 0.435. The van der Waals surface area contributed by atoms with Crippen LogP contribution in [0.25, 0.3) is 22.8 Å². The molecule has 28 heavy (non-hydrogen) atoms. The summed E-state index contributed by atoms with van der Waals surface area (Å²) in [6.45, 7) is 0. The van der Waals surface area contributed by atoms with Crippen molar-refractivity contribution in [1.29, 1.82) is 0 Å². The average Bonchev–Trinajstić information content (AvgIpc) is 3.03. The van der Waals surface area contributed by atoms with Crippen LogP contribution in [0, 0.1) is 0 Å². The second-order valence-electron chi connectivity index (χ2n) is 7.14. The van der Waals surface area contributed by atoms with Crippen LogP contribution >= 0.6 is 0 Å². The molecule has 0 bridgehead atoms. The van der Waals surface area contributed by atoms with E-state index in [1.54, 1.807) is 0 Å². The summed E-state index contributed by atoms with van der Waals surface area (Å²) in [4.78, 5) is 0. The number of aliphatic hydroxyl groups is 1. The van der Waals surface area contributed by atoms with Gasteiger partial charge in [-0.05, 0) is 28.3 Å². The van der Waals surface area contributed by atoms with Gasteiger partial charge in [0.25, 0.3) is 0 Å². The van der Waals surface area contributed by atoms with E-state index in [9.17, 15) is 5.11 Å². The van der Waals surface area contributed by atoms with Gasteiger partial charge in [0.1, 0.15) is 5.60 Å². The Hall–Kier alpha value is -3.42. The highest BCUT2D eigenvalue weighted by molar-refractivity contribution is 5.96. The Morgan fingerprint density at radius 3 is 1.61 bits per heavy atom. The van der Waals surface area contributed by atoms with Crippen molar-refractivity contribution in [2.24, 2.45) is 0 Å². The molecule has 0 unspecified atom stereocenters. The molecule has 1 N–H and O–H groups in total. The maximum Gasteiger partial charge on any atom is 0.142 e. The van der Waals surface area contributed by atoms with Crippen molar-refractivity contribution in [1.82, 2.24) is 0 Å². The van der Waals surface area contributed by atoms with Crippen LogP contribution in [0.2, 0.25) is 0 Å². The predicted molar refractivity (Wildman–Crippen MR) is 116 cm³/mol. The van der Waals surface area contributed by atoms with E-state index < -0.39 is 5.60 Å². The molecule has 5 rings (SSSR count). The van der Waals surface area contributed by atoms with Gasteiger partial charge in [-0.1, -0.05) is 109 Å². The zero-order chi connectivity index (χ0) is 19.0. The predicted octanol–water partition coefficient (Wildman–Crippen LogP) is 6.14. The minimum Gasteiger partial charge on any atom is -0.376 e. The Labute approximate surface area is 165 Å². The molecule has 1 heteroatoms. The van der Waals surface area contributed by atoms with E-state index in [4.69, 9.17) is 0 Å². The maximum atomic E-state index is 12.3. The molecule has 1 nitrogen and oxygen atoms in total. The third kappa shape index (κ3) is 2.52. The van der Waals surface area contributed by atoms with E-state index in [0.29, 0.717) is 0 Å². The summed E-state index contributed by atoms with van der Waals surface area (Å²) in [5, 5.41) is 12.3. The third-order valence-electron chi connectivity index (χ3n) is 5.51. The lowest BCUT2D eigenvalue weighted by atomic mass is 9.79. The van der Waals surface area contributed by atoms with Gasteiger partial charge in [-0.3, -0.25) is 0 Å². The Morgan fingerprint density at radius 1 is 0.571 bits per heavy atom. The first kappa shape index (κ1) is 16.7. The second-order valence-corrected chi connectivity index (χ2v) is 7.14. The summed E-state index contributed by atoms with van der Waals surface area (Å²) < 4.78 is 0. The van der Waals surface area contributed by atoms with Crippen LogP contribution in [0.4, 0.5) is 0 Å². The molecule has 0 radical (unpaired) electrons. The fraction of sp³-hybridized carbons (Fsp3) is 0.0370. The van der Waals surface area contributed by atoms with Crippen molar-refractivity contribution >= 4 is 11.6 Å². The van der Waals surface area contributed by atoms with Gasteiger partial charge in [-0.2, -0.15) is 0 Å². The summed E-state index contributed by atoms with van der Waals surface area (Å²) in [5.41, 5.74) is 5.81. The summed E-state index contributed by atoms with van der Waals surface area (Å²) in [6, 6.07) is 36.7. The molecule has 0 atom stereocenters. The van der Waals surface area contributed by atoms with Gasteiger partial charge in [0.2, 0.25) is 0 Å². The number of fused-ring (bicyclic) bond motifs is 3. The fourth-order valence-corrected chi connectivity index (χ4v) is 4.23. The highest BCUT2D eigenvalue weighted by Crippen LogP contribution is 2.53. The summed E-state index contributed by atoms with van der Waals surface area (Å²) in [6.07, 6.45) is 2.11. The fourth-order valence-electron chi connectivity index (χ4n) is 4.23. The molecule has 0 aliphatic heterocycles. The summed E-state index contributed by atoms with van der Waals surface area (Å²) in [7, 11) is 0. The van der Waals surface area contributed by atoms with Gasteiger partial charge in [0, 0.05) is 16.7 Å². The van der Waals surface area contributed by atoms with Crippen molar-refractivity contribution in [2.75, 3.05) is 0 Å². The largest absolute Gasteiger partial charge is 0.376 e. The van der Waals surface area contributed by atoms with E-state index in [2.05, 4.69) is 42.5 Å². The van der Waals surface area contributed by atoms with E-state index in [0.717, 1.165) is 39.0 Å². The number of hydrogen-bond donors (Lipinski definition) is 1. The van der Waals surface area contributed by atoms with Crippen LogP contribution in [-0.4, -0.2) is 5.11 Å². The van der Waals surface area contributed by atoms with Crippen molar-refractivity contribution in [2.45, 2.75) is 5.60 Å². The minimum absolute atomic E-state index is 0.886. The lowest BCUT2D eigenvalue weighted by Crippen LogP contribution is -2.26. The van der Waals surface area contributed by atoms with E-state index in [1.807, 2.05) is 72.8 Å². The first-order chi connectivity index (χ1) is 13.8. The summed E-state index contributed by atoms with van der Waals surface area (Å²) in [5.74, 6) is 0. The zero-order valence-corrected chi connectivity index (χ0v) is 15.4. The molecule has 1 aliphatic carbocycles. The SMILES string of the molecule is OC1(/C(=C/c2ccccc2)c2ccccc2)c2ccccc2-c2ccccc21. The molecule has 4 aromatic rings. The van der Waals surface area contributed by atoms with Gasteiger partial charge in [-0.25, -0.2) is 0 Å². The monoisotopic (exact) mass is 360 g/mol. The average molecular weight is 360 g/mol. The topological polar surface area (TPSA) is 20.2 Å². The molecule has 1 aliphatic rings. The Morgan fingerprint density at radius 2 is 1.04 bits per heavy atom. The van der Waals surface area contributed by atoms with Crippen molar-refractivity contribution in [3.63, 3.8) is 0 Å². The van der Waals surface area contributed by atoms with Gasteiger partial charge < -0.3 is 5.11 Å². The third-order valence-corrected chi connectivity index (χ3v) is 5.51. The molecule has 134 valence electrons.